The molecule has 3 aromatic rings. The molecule has 1 amide bonds. The van der Waals surface area contributed by atoms with Crippen molar-refractivity contribution in [3.63, 3.8) is 0 Å². The van der Waals surface area contributed by atoms with Crippen LogP contribution in [0.2, 0.25) is 0 Å². The molecule has 1 fully saturated rings. The van der Waals surface area contributed by atoms with E-state index in [-0.39, 0.29) is 11.8 Å². The molecular weight excluding hydrogens is 304 g/mol. The minimum Gasteiger partial charge on any atom is -0.369 e. The zero-order valence-electron chi connectivity index (χ0n) is 13.6. The van der Waals surface area contributed by atoms with Crippen molar-refractivity contribution in [3.8, 4) is 0 Å². The Morgan fingerprint density at radius 3 is 2.71 bits per heavy atom. The first kappa shape index (κ1) is 14.9. The normalized spacial score (nSPS) is 16.1. The molecule has 1 aromatic carbocycles. The molecule has 124 valence electrons. The highest BCUT2D eigenvalue weighted by Crippen LogP contribution is 2.27. The van der Waals surface area contributed by atoms with Crippen LogP contribution in [0.15, 0.2) is 24.3 Å². The van der Waals surface area contributed by atoms with Crippen molar-refractivity contribution in [1.82, 2.24) is 19.7 Å². The Morgan fingerprint density at radius 1 is 1.25 bits per heavy atom. The third-order valence-corrected chi connectivity index (χ3v) is 4.86. The van der Waals surface area contributed by atoms with E-state index in [1.54, 1.807) is 0 Å². The summed E-state index contributed by atoms with van der Waals surface area (Å²) in [5.41, 5.74) is 8.23. The van der Waals surface area contributed by atoms with Gasteiger partial charge < -0.3 is 15.2 Å². The maximum atomic E-state index is 11.3. The number of anilines is 1. The van der Waals surface area contributed by atoms with Crippen LogP contribution in [0.25, 0.3) is 22.1 Å². The number of primary amides is 1. The first-order valence-electron chi connectivity index (χ1n) is 8.35. The van der Waals surface area contributed by atoms with Crippen LogP contribution in [-0.4, -0.2) is 38.7 Å². The molecule has 0 saturated carbocycles. The molecule has 0 unspecified atom stereocenters. The van der Waals surface area contributed by atoms with E-state index in [1.807, 2.05) is 12.1 Å². The SMILES string of the molecule is CCn1c2ccccc2c2nnc(N3CCC(C(N)=O)CC3)nc21. The number of piperidine rings is 1. The van der Waals surface area contributed by atoms with Crippen LogP contribution >= 0.6 is 0 Å². The monoisotopic (exact) mass is 324 g/mol. The van der Waals surface area contributed by atoms with Crippen LogP contribution < -0.4 is 10.6 Å². The molecule has 0 aliphatic carbocycles. The maximum Gasteiger partial charge on any atom is 0.247 e. The van der Waals surface area contributed by atoms with Gasteiger partial charge in [0.25, 0.3) is 0 Å². The van der Waals surface area contributed by atoms with Gasteiger partial charge in [0.05, 0.1) is 5.52 Å². The van der Waals surface area contributed by atoms with Crippen molar-refractivity contribution in [2.24, 2.45) is 11.7 Å². The number of para-hydroxylation sites is 1. The van der Waals surface area contributed by atoms with Crippen LogP contribution in [0.4, 0.5) is 5.95 Å². The van der Waals surface area contributed by atoms with E-state index >= 15 is 0 Å². The molecule has 7 heteroatoms. The zero-order chi connectivity index (χ0) is 16.7. The molecule has 3 heterocycles. The molecule has 0 bridgehead atoms. The van der Waals surface area contributed by atoms with Crippen LogP contribution in [-0.2, 0) is 11.3 Å². The summed E-state index contributed by atoms with van der Waals surface area (Å²) in [7, 11) is 0. The smallest absolute Gasteiger partial charge is 0.247 e. The van der Waals surface area contributed by atoms with E-state index in [4.69, 9.17) is 10.7 Å². The van der Waals surface area contributed by atoms with E-state index in [0.717, 1.165) is 54.5 Å². The summed E-state index contributed by atoms with van der Waals surface area (Å²) in [6.07, 6.45) is 1.49. The van der Waals surface area contributed by atoms with Gasteiger partial charge in [-0.1, -0.05) is 18.2 Å². The first-order chi connectivity index (χ1) is 11.7. The summed E-state index contributed by atoms with van der Waals surface area (Å²) in [5, 5.41) is 9.85. The molecule has 7 nitrogen and oxygen atoms in total. The van der Waals surface area contributed by atoms with Crippen LogP contribution in [0, 0.1) is 5.92 Å². The Balaban J connectivity index is 1.74. The Labute approximate surface area is 139 Å². The van der Waals surface area contributed by atoms with Crippen LogP contribution in [0.5, 0.6) is 0 Å². The van der Waals surface area contributed by atoms with Gasteiger partial charge in [0.1, 0.15) is 5.52 Å². The average molecular weight is 324 g/mol. The first-order valence-corrected chi connectivity index (χ1v) is 8.35. The molecule has 0 atom stereocenters. The minimum atomic E-state index is -0.213. The van der Waals surface area contributed by atoms with Gasteiger partial charge in [0, 0.05) is 30.9 Å². The number of hydrogen-bond acceptors (Lipinski definition) is 5. The molecule has 1 aliphatic rings. The number of carbonyl (C=O) groups excluding carboxylic acids is 1. The van der Waals surface area contributed by atoms with Gasteiger partial charge in [-0.05, 0) is 25.8 Å². The summed E-state index contributed by atoms with van der Waals surface area (Å²) in [5.74, 6) is 0.373. The zero-order valence-corrected chi connectivity index (χ0v) is 13.6. The van der Waals surface area contributed by atoms with Gasteiger partial charge in [0.2, 0.25) is 11.9 Å². The lowest BCUT2D eigenvalue weighted by Crippen LogP contribution is -2.39. The van der Waals surface area contributed by atoms with Crippen molar-refractivity contribution in [1.29, 1.82) is 0 Å². The molecule has 4 rings (SSSR count). The molecule has 2 aromatic heterocycles. The molecule has 0 radical (unpaired) electrons. The summed E-state index contributed by atoms with van der Waals surface area (Å²) in [6.45, 7) is 4.39. The minimum absolute atomic E-state index is 0.0416. The average Bonchev–Trinajstić information content (AvgIpc) is 2.94. The van der Waals surface area contributed by atoms with E-state index in [1.165, 1.54) is 0 Å². The number of nitrogens with two attached hydrogens (primary N) is 1. The van der Waals surface area contributed by atoms with Gasteiger partial charge in [0.15, 0.2) is 5.65 Å². The Morgan fingerprint density at radius 2 is 2.00 bits per heavy atom. The number of carbonyl (C=O) groups is 1. The van der Waals surface area contributed by atoms with E-state index < -0.39 is 0 Å². The number of amides is 1. The summed E-state index contributed by atoms with van der Waals surface area (Å²) in [6, 6.07) is 8.17. The van der Waals surface area contributed by atoms with Crippen molar-refractivity contribution < 1.29 is 4.79 Å². The quantitative estimate of drug-likeness (QED) is 0.792. The predicted molar refractivity (Wildman–Crippen MR) is 92.6 cm³/mol. The van der Waals surface area contributed by atoms with Crippen LogP contribution in [0.3, 0.4) is 0 Å². The summed E-state index contributed by atoms with van der Waals surface area (Å²) < 4.78 is 2.17. The van der Waals surface area contributed by atoms with E-state index in [2.05, 4.69) is 38.7 Å². The molecule has 1 saturated heterocycles. The molecule has 2 N–H and O–H groups in total. The van der Waals surface area contributed by atoms with Gasteiger partial charge in [-0.2, -0.15) is 4.98 Å². The lowest BCUT2D eigenvalue weighted by atomic mass is 9.97. The summed E-state index contributed by atoms with van der Waals surface area (Å²) in [4.78, 5) is 18.2. The van der Waals surface area contributed by atoms with Gasteiger partial charge >= 0.3 is 0 Å². The number of hydrogen-bond donors (Lipinski definition) is 1. The molecular formula is C17H20N6O. The number of aryl methyl sites for hydroxylation is 1. The number of aromatic nitrogens is 4. The Hall–Kier alpha value is -2.70. The highest BCUT2D eigenvalue weighted by Gasteiger charge is 2.25. The second-order valence-electron chi connectivity index (χ2n) is 6.21. The fraction of sp³-hybridized carbons (Fsp3) is 0.412. The standard InChI is InChI=1S/C17H20N6O/c1-2-23-13-6-4-3-5-12(13)14-16(23)19-17(21-20-14)22-9-7-11(8-10-22)15(18)24/h3-6,11H,2,7-10H2,1H3,(H2,18,24). The Bertz CT molecular complexity index is 910. The van der Waals surface area contributed by atoms with Gasteiger partial charge in [-0.3, -0.25) is 4.79 Å². The van der Waals surface area contributed by atoms with Crippen LogP contribution in [0.1, 0.15) is 19.8 Å². The maximum absolute atomic E-state index is 11.3. The number of nitrogens with zero attached hydrogens (tertiary/aromatic N) is 5. The molecule has 0 spiro atoms. The van der Waals surface area contributed by atoms with Crippen molar-refractivity contribution in [2.75, 3.05) is 18.0 Å². The number of rotatable bonds is 3. The molecule has 1 aliphatic heterocycles. The van der Waals surface area contributed by atoms with Crippen molar-refractivity contribution in [3.05, 3.63) is 24.3 Å². The second-order valence-corrected chi connectivity index (χ2v) is 6.21. The largest absolute Gasteiger partial charge is 0.369 e. The van der Waals surface area contributed by atoms with E-state index in [9.17, 15) is 4.79 Å². The summed E-state index contributed by atoms with van der Waals surface area (Å²) >= 11 is 0. The lowest BCUT2D eigenvalue weighted by molar-refractivity contribution is -0.122. The van der Waals surface area contributed by atoms with Gasteiger partial charge in [-0.25, -0.2) is 0 Å². The fourth-order valence-electron chi connectivity index (χ4n) is 3.51. The highest BCUT2D eigenvalue weighted by molar-refractivity contribution is 6.04. The third-order valence-electron chi connectivity index (χ3n) is 4.86. The number of benzene rings is 1. The second kappa shape index (κ2) is 5.74. The van der Waals surface area contributed by atoms with Crippen molar-refractivity contribution >= 4 is 33.9 Å². The lowest BCUT2D eigenvalue weighted by Gasteiger charge is -2.30. The van der Waals surface area contributed by atoms with Crippen molar-refractivity contribution in [2.45, 2.75) is 26.3 Å². The highest BCUT2D eigenvalue weighted by atomic mass is 16.1. The predicted octanol–water partition coefficient (Wildman–Crippen LogP) is 1.70. The number of fused-ring (bicyclic) bond motifs is 3. The fourth-order valence-corrected chi connectivity index (χ4v) is 3.51. The third kappa shape index (κ3) is 2.28. The Kier molecular flexibility index (Phi) is 3.55. The topological polar surface area (TPSA) is 89.9 Å². The van der Waals surface area contributed by atoms with E-state index in [0.29, 0.717) is 5.95 Å². The van der Waals surface area contributed by atoms with Gasteiger partial charge in [-0.15, -0.1) is 10.2 Å². The molecule has 24 heavy (non-hydrogen) atoms.